The molecule has 1 aliphatic rings. The fraction of sp³-hybridized carbons (Fsp3) is 0.320. The van der Waals surface area contributed by atoms with Crippen LogP contribution in [0.5, 0.6) is 0 Å². The van der Waals surface area contributed by atoms with Gasteiger partial charge < -0.3 is 14.6 Å². The number of carbonyl (C=O) groups is 2. The number of hydrogen-bond donors (Lipinski definition) is 1. The Labute approximate surface area is 186 Å². The summed E-state index contributed by atoms with van der Waals surface area (Å²) in [5.74, 6) is -0.942. The number of furan rings is 1. The molecule has 166 valence electrons. The summed E-state index contributed by atoms with van der Waals surface area (Å²) in [7, 11) is 0. The van der Waals surface area contributed by atoms with Crippen molar-refractivity contribution in [1.82, 2.24) is 15.2 Å². The van der Waals surface area contributed by atoms with E-state index < -0.39 is 23.7 Å². The van der Waals surface area contributed by atoms with Crippen molar-refractivity contribution < 1.29 is 18.4 Å². The summed E-state index contributed by atoms with van der Waals surface area (Å²) in [6, 6.07) is 13.3. The molecule has 1 N–H and O–H groups in total. The zero-order chi connectivity index (χ0) is 22.3. The van der Waals surface area contributed by atoms with Crippen molar-refractivity contribution in [2.45, 2.75) is 50.7 Å². The maximum atomic E-state index is 14.9. The molecule has 1 atom stereocenters. The third-order valence-corrected chi connectivity index (χ3v) is 5.76. The largest absolute Gasteiger partial charge is 0.467 e. The average Bonchev–Trinajstić information content (AvgIpc) is 3.34. The van der Waals surface area contributed by atoms with Crippen molar-refractivity contribution in [1.29, 1.82) is 0 Å². The summed E-state index contributed by atoms with van der Waals surface area (Å²) >= 11 is 0. The number of nitrogens with one attached hydrogen (secondary N) is 1. The predicted molar refractivity (Wildman–Crippen MR) is 117 cm³/mol. The lowest BCUT2D eigenvalue weighted by Crippen LogP contribution is -2.47. The van der Waals surface area contributed by atoms with Crippen molar-refractivity contribution in [3.63, 3.8) is 0 Å². The van der Waals surface area contributed by atoms with Crippen molar-refractivity contribution in [3.8, 4) is 0 Å². The Morgan fingerprint density at radius 3 is 2.53 bits per heavy atom. The molecule has 6 nitrogen and oxygen atoms in total. The smallest absolute Gasteiger partial charge is 0.273 e. The molecule has 7 heteroatoms. The lowest BCUT2D eigenvalue weighted by atomic mass is 9.94. The van der Waals surface area contributed by atoms with Crippen molar-refractivity contribution in [3.05, 3.63) is 89.9 Å². The van der Waals surface area contributed by atoms with E-state index in [1.54, 1.807) is 48.5 Å². The fourth-order valence-corrected chi connectivity index (χ4v) is 4.16. The van der Waals surface area contributed by atoms with Crippen molar-refractivity contribution in [2.75, 3.05) is 0 Å². The Bertz CT molecular complexity index is 1030. The van der Waals surface area contributed by atoms with Gasteiger partial charge in [0.1, 0.15) is 23.3 Å². The first kappa shape index (κ1) is 21.7. The molecule has 2 amide bonds. The Hall–Kier alpha value is -3.48. The van der Waals surface area contributed by atoms with Crippen LogP contribution in [0.1, 0.15) is 60.0 Å². The van der Waals surface area contributed by atoms with Crippen LogP contribution in [0.2, 0.25) is 0 Å². The van der Waals surface area contributed by atoms with Crippen LogP contribution in [-0.4, -0.2) is 27.7 Å². The molecule has 1 aromatic carbocycles. The van der Waals surface area contributed by atoms with E-state index in [4.69, 9.17) is 4.42 Å². The zero-order valence-electron chi connectivity index (χ0n) is 17.7. The minimum Gasteiger partial charge on any atom is -0.467 e. The predicted octanol–water partition coefficient (Wildman–Crippen LogP) is 4.65. The van der Waals surface area contributed by atoms with E-state index in [0.717, 1.165) is 32.1 Å². The van der Waals surface area contributed by atoms with Crippen LogP contribution in [0, 0.1) is 5.82 Å². The van der Waals surface area contributed by atoms with Crippen molar-refractivity contribution in [2.24, 2.45) is 0 Å². The number of amides is 2. The van der Waals surface area contributed by atoms with Crippen LogP contribution < -0.4 is 5.32 Å². The summed E-state index contributed by atoms with van der Waals surface area (Å²) in [5, 5.41) is 3.06. The number of halogens is 1. The molecule has 0 aliphatic heterocycles. The molecule has 2 aromatic heterocycles. The summed E-state index contributed by atoms with van der Waals surface area (Å²) in [4.78, 5) is 32.5. The molecule has 0 saturated heterocycles. The molecule has 2 heterocycles. The van der Waals surface area contributed by atoms with Gasteiger partial charge in [0, 0.05) is 17.8 Å². The number of nitrogens with zero attached hydrogens (tertiary/aromatic N) is 2. The van der Waals surface area contributed by atoms with Gasteiger partial charge in [-0.15, -0.1) is 0 Å². The number of benzene rings is 1. The third-order valence-electron chi connectivity index (χ3n) is 5.76. The van der Waals surface area contributed by atoms with Crippen LogP contribution in [0.15, 0.2) is 71.5 Å². The first-order valence-corrected chi connectivity index (χ1v) is 10.9. The van der Waals surface area contributed by atoms with Crippen LogP contribution in [-0.2, 0) is 11.3 Å². The van der Waals surface area contributed by atoms with Gasteiger partial charge in [-0.2, -0.15) is 0 Å². The van der Waals surface area contributed by atoms with E-state index in [0.29, 0.717) is 5.76 Å². The number of carbonyl (C=O) groups excluding carboxylic acids is 2. The Kier molecular flexibility index (Phi) is 6.94. The Balaban J connectivity index is 1.73. The quantitative estimate of drug-likeness (QED) is 0.586. The SMILES string of the molecule is O=C(NC1CCCCC1)[C@@H](c1ccccc1F)N(Cc1ccco1)C(=O)c1ccccn1. The molecule has 1 saturated carbocycles. The van der Waals surface area contributed by atoms with E-state index in [-0.39, 0.29) is 23.8 Å². The topological polar surface area (TPSA) is 75.4 Å². The molecule has 0 spiro atoms. The lowest BCUT2D eigenvalue weighted by molar-refractivity contribution is -0.127. The molecule has 1 fully saturated rings. The maximum Gasteiger partial charge on any atom is 0.273 e. The van der Waals surface area contributed by atoms with Gasteiger partial charge in [-0.05, 0) is 43.2 Å². The first-order valence-electron chi connectivity index (χ1n) is 10.9. The standard InChI is InChI=1S/C25H26FN3O3/c26-21-13-5-4-12-20(21)23(24(30)28-18-9-2-1-3-10-18)29(17-19-11-8-16-32-19)25(31)22-14-6-7-15-27-22/h4-8,11-16,18,23H,1-3,9-10,17H2,(H,28,30)/t23-/m1/s1. The summed E-state index contributed by atoms with van der Waals surface area (Å²) in [5.41, 5.74) is 0.308. The van der Waals surface area contributed by atoms with Gasteiger partial charge >= 0.3 is 0 Å². The molecule has 3 aromatic rings. The summed E-state index contributed by atoms with van der Waals surface area (Å²) in [6.45, 7) is -0.000501. The number of pyridine rings is 1. The van der Waals surface area contributed by atoms with Crippen LogP contribution in [0.3, 0.4) is 0 Å². The molecular formula is C25H26FN3O3. The molecule has 0 unspecified atom stereocenters. The first-order chi connectivity index (χ1) is 15.6. The van der Waals surface area contributed by atoms with E-state index in [9.17, 15) is 14.0 Å². The Morgan fingerprint density at radius 1 is 1.06 bits per heavy atom. The second-order valence-corrected chi connectivity index (χ2v) is 7.99. The van der Waals surface area contributed by atoms with Gasteiger partial charge in [-0.25, -0.2) is 4.39 Å². The van der Waals surface area contributed by atoms with Gasteiger partial charge in [0.15, 0.2) is 0 Å². The highest BCUT2D eigenvalue weighted by Gasteiger charge is 2.36. The van der Waals surface area contributed by atoms with Gasteiger partial charge in [0.25, 0.3) is 5.91 Å². The van der Waals surface area contributed by atoms with E-state index in [1.165, 1.54) is 23.4 Å². The van der Waals surface area contributed by atoms with E-state index in [1.807, 2.05) is 0 Å². The van der Waals surface area contributed by atoms with Gasteiger partial charge in [-0.1, -0.05) is 43.5 Å². The number of hydrogen-bond acceptors (Lipinski definition) is 4. The highest BCUT2D eigenvalue weighted by Crippen LogP contribution is 2.28. The van der Waals surface area contributed by atoms with E-state index >= 15 is 0 Å². The lowest BCUT2D eigenvalue weighted by Gasteiger charge is -2.33. The highest BCUT2D eigenvalue weighted by atomic mass is 19.1. The van der Waals surface area contributed by atoms with Gasteiger partial charge in [-0.3, -0.25) is 14.6 Å². The van der Waals surface area contributed by atoms with Crippen LogP contribution >= 0.6 is 0 Å². The maximum absolute atomic E-state index is 14.9. The minimum absolute atomic E-state index is 0.000501. The number of rotatable bonds is 7. The summed E-state index contributed by atoms with van der Waals surface area (Å²) < 4.78 is 20.4. The van der Waals surface area contributed by atoms with Gasteiger partial charge in [0.05, 0.1) is 12.8 Å². The van der Waals surface area contributed by atoms with Crippen LogP contribution in [0.4, 0.5) is 4.39 Å². The molecule has 0 radical (unpaired) electrons. The monoisotopic (exact) mass is 435 g/mol. The highest BCUT2D eigenvalue weighted by molar-refractivity contribution is 5.96. The molecule has 4 rings (SSSR count). The second kappa shape index (κ2) is 10.2. The minimum atomic E-state index is -1.17. The zero-order valence-corrected chi connectivity index (χ0v) is 17.7. The average molecular weight is 435 g/mol. The fourth-order valence-electron chi connectivity index (χ4n) is 4.16. The van der Waals surface area contributed by atoms with E-state index in [2.05, 4.69) is 10.3 Å². The second-order valence-electron chi connectivity index (χ2n) is 7.99. The molecule has 1 aliphatic carbocycles. The molecule has 32 heavy (non-hydrogen) atoms. The third kappa shape index (κ3) is 5.04. The Morgan fingerprint density at radius 2 is 1.84 bits per heavy atom. The summed E-state index contributed by atoms with van der Waals surface area (Å²) in [6.07, 6.45) is 7.99. The normalized spacial score (nSPS) is 15.2. The van der Waals surface area contributed by atoms with Gasteiger partial charge in [0.2, 0.25) is 5.91 Å². The van der Waals surface area contributed by atoms with Crippen LogP contribution in [0.25, 0.3) is 0 Å². The number of aromatic nitrogens is 1. The van der Waals surface area contributed by atoms with Crippen molar-refractivity contribution >= 4 is 11.8 Å². The molecule has 0 bridgehead atoms. The molecular weight excluding hydrogens is 409 g/mol.